The maximum atomic E-state index is 10.9. The number of hydrogen-bond acceptors (Lipinski definition) is 4. The zero-order valence-corrected chi connectivity index (χ0v) is 8.88. The number of esters is 2. The van der Waals surface area contributed by atoms with Gasteiger partial charge in [-0.25, -0.2) is 9.59 Å². The fraction of sp³-hybridized carbons (Fsp3) is 0.800. The molecule has 0 N–H and O–H groups in total. The molecule has 90 valence electrons. The molecule has 0 amide bonds. The monoisotopic (exact) mass is 326 g/mol. The van der Waals surface area contributed by atoms with E-state index in [2.05, 4.69) is 9.47 Å². The van der Waals surface area contributed by atoms with Gasteiger partial charge in [-0.2, -0.15) is 0 Å². The first kappa shape index (κ1) is 17.1. The minimum atomic E-state index is -0.880. The Hall–Kier alpha value is -0.261. The Morgan fingerprint density at radius 2 is 1.20 bits per heavy atom. The van der Waals surface area contributed by atoms with Crippen LogP contribution in [-0.2, 0) is 19.1 Å². The van der Waals surface area contributed by atoms with Gasteiger partial charge in [-0.1, -0.05) is 26.7 Å². The maximum absolute atomic E-state index is 10.9. The molecule has 0 heterocycles. The summed E-state index contributed by atoms with van der Waals surface area (Å²) < 4.78 is 9.32. The van der Waals surface area contributed by atoms with Crippen LogP contribution in [-0.4, -0.2) is 49.1 Å². The van der Waals surface area contributed by atoms with Crippen molar-refractivity contribution in [2.24, 2.45) is 0 Å². The van der Waals surface area contributed by atoms with Gasteiger partial charge in [0.15, 0.2) is 0 Å². The van der Waals surface area contributed by atoms with Gasteiger partial charge in [0.2, 0.25) is 0 Å². The molecule has 0 fully saturated rings. The van der Waals surface area contributed by atoms with Gasteiger partial charge in [0.1, 0.15) is 0 Å². The van der Waals surface area contributed by atoms with Crippen molar-refractivity contribution in [2.45, 2.75) is 39.5 Å². The molecule has 0 saturated heterocycles. The number of ether oxygens (including phenoxy) is 2. The van der Waals surface area contributed by atoms with Gasteiger partial charge in [-0.05, 0) is 12.8 Å². The van der Waals surface area contributed by atoms with E-state index in [1.54, 1.807) is 0 Å². The second kappa shape index (κ2) is 11.8. The predicted octanol–water partition coefficient (Wildman–Crippen LogP) is 0.221. The molecule has 4 nitrogen and oxygen atoms in total. The second-order valence-electron chi connectivity index (χ2n) is 2.98. The third-order valence-corrected chi connectivity index (χ3v) is 1.63. The Labute approximate surface area is 108 Å². The Morgan fingerprint density at radius 3 is 1.47 bits per heavy atom. The summed E-state index contributed by atoms with van der Waals surface area (Å²) in [7, 11) is 0. The summed E-state index contributed by atoms with van der Waals surface area (Å²) in [5.41, 5.74) is 0. The molecule has 0 spiro atoms. The van der Waals surface area contributed by atoms with Gasteiger partial charge in [-0.3, -0.25) is 0 Å². The fourth-order valence-electron chi connectivity index (χ4n) is 0.736. The SMILES string of the molecule is CCCCOC(=O)C(=O)OCCCC.[SnH4]. The van der Waals surface area contributed by atoms with Crippen LogP contribution in [0.15, 0.2) is 0 Å². The summed E-state index contributed by atoms with van der Waals surface area (Å²) in [6.45, 7) is 4.54. The average molecular weight is 325 g/mol. The van der Waals surface area contributed by atoms with Crippen molar-refractivity contribution in [3.8, 4) is 0 Å². The van der Waals surface area contributed by atoms with E-state index < -0.39 is 11.9 Å². The molecule has 0 aromatic heterocycles. The number of carbonyl (C=O) groups is 2. The summed E-state index contributed by atoms with van der Waals surface area (Å²) in [6, 6.07) is 0. The van der Waals surface area contributed by atoms with Crippen LogP contribution >= 0.6 is 0 Å². The van der Waals surface area contributed by atoms with Crippen LogP contribution in [0, 0.1) is 0 Å². The van der Waals surface area contributed by atoms with Crippen molar-refractivity contribution in [2.75, 3.05) is 13.2 Å². The van der Waals surface area contributed by atoms with E-state index in [0.717, 1.165) is 25.7 Å². The van der Waals surface area contributed by atoms with Crippen LogP contribution in [0.4, 0.5) is 0 Å². The Morgan fingerprint density at radius 1 is 0.867 bits per heavy atom. The van der Waals surface area contributed by atoms with Crippen LogP contribution in [0.25, 0.3) is 0 Å². The molecule has 15 heavy (non-hydrogen) atoms. The van der Waals surface area contributed by atoms with Crippen LogP contribution < -0.4 is 0 Å². The normalized spacial score (nSPS) is 8.93. The molecule has 0 aliphatic carbocycles. The van der Waals surface area contributed by atoms with Crippen molar-refractivity contribution < 1.29 is 19.1 Å². The van der Waals surface area contributed by atoms with E-state index in [0.29, 0.717) is 0 Å². The van der Waals surface area contributed by atoms with Crippen molar-refractivity contribution in [1.82, 2.24) is 0 Å². The van der Waals surface area contributed by atoms with Gasteiger partial charge >= 0.3 is 35.8 Å². The van der Waals surface area contributed by atoms with Crippen LogP contribution in [0.5, 0.6) is 0 Å². The van der Waals surface area contributed by atoms with E-state index >= 15 is 0 Å². The molecule has 0 bridgehead atoms. The van der Waals surface area contributed by atoms with E-state index in [-0.39, 0.29) is 37.1 Å². The summed E-state index contributed by atoms with van der Waals surface area (Å²) in [5.74, 6) is -1.76. The standard InChI is InChI=1S/C10H18O4.Sn.4H/c1-3-5-7-13-9(11)10(12)14-8-6-4-2;;;;;/h3-8H2,1-2H3;;;;;. The molecule has 0 aromatic rings. The zero-order valence-electron chi connectivity index (χ0n) is 8.88. The van der Waals surface area contributed by atoms with Gasteiger partial charge in [-0.15, -0.1) is 0 Å². The van der Waals surface area contributed by atoms with Gasteiger partial charge < -0.3 is 9.47 Å². The summed E-state index contributed by atoms with van der Waals surface area (Å²) >= 11 is 0. The molecule has 0 saturated carbocycles. The summed E-state index contributed by atoms with van der Waals surface area (Å²) in [6.07, 6.45) is 3.40. The number of hydrogen-bond donors (Lipinski definition) is 0. The first-order valence-electron chi connectivity index (χ1n) is 5.06. The Bertz CT molecular complexity index is 162. The first-order valence-corrected chi connectivity index (χ1v) is 5.06. The summed E-state index contributed by atoms with van der Waals surface area (Å²) in [4.78, 5) is 21.8. The molecule has 0 radical (unpaired) electrons. The van der Waals surface area contributed by atoms with Crippen LogP contribution in [0.2, 0.25) is 0 Å². The van der Waals surface area contributed by atoms with Crippen LogP contribution in [0.1, 0.15) is 39.5 Å². The van der Waals surface area contributed by atoms with E-state index in [9.17, 15) is 9.59 Å². The Kier molecular flexibility index (Phi) is 13.5. The number of rotatable bonds is 6. The molecule has 0 atom stereocenters. The first-order chi connectivity index (χ1) is 6.72. The van der Waals surface area contributed by atoms with Crippen molar-refractivity contribution in [3.63, 3.8) is 0 Å². The van der Waals surface area contributed by atoms with Crippen molar-refractivity contribution >= 4 is 35.8 Å². The number of carbonyl (C=O) groups excluding carboxylic acids is 2. The van der Waals surface area contributed by atoms with E-state index in [1.807, 2.05) is 13.8 Å². The fourth-order valence-corrected chi connectivity index (χ4v) is 0.736. The Balaban J connectivity index is 0. The van der Waals surface area contributed by atoms with E-state index in [4.69, 9.17) is 0 Å². The van der Waals surface area contributed by atoms with Gasteiger partial charge in [0, 0.05) is 0 Å². The third kappa shape index (κ3) is 10.0. The van der Waals surface area contributed by atoms with Crippen molar-refractivity contribution in [1.29, 1.82) is 0 Å². The molecule has 0 rings (SSSR count). The zero-order chi connectivity index (χ0) is 10.8. The molecule has 5 heteroatoms. The minimum absolute atomic E-state index is 0. The third-order valence-electron chi connectivity index (χ3n) is 1.63. The molecule has 0 unspecified atom stereocenters. The topological polar surface area (TPSA) is 52.6 Å². The number of unbranched alkanes of at least 4 members (excludes halogenated alkanes) is 2. The average Bonchev–Trinajstić information content (AvgIpc) is 2.18. The van der Waals surface area contributed by atoms with Gasteiger partial charge in [0.05, 0.1) is 13.2 Å². The quantitative estimate of drug-likeness (QED) is 0.303. The molecule has 0 aliphatic rings. The van der Waals surface area contributed by atoms with Crippen molar-refractivity contribution in [3.05, 3.63) is 0 Å². The molecular weight excluding hydrogens is 303 g/mol. The van der Waals surface area contributed by atoms with E-state index in [1.165, 1.54) is 0 Å². The summed E-state index contributed by atoms with van der Waals surface area (Å²) in [5, 5.41) is 0. The molecule has 0 aromatic carbocycles. The second-order valence-corrected chi connectivity index (χ2v) is 2.98. The predicted molar refractivity (Wildman–Crippen MR) is 63.1 cm³/mol. The molecule has 0 aliphatic heterocycles. The molecular formula is C10H22O4Sn. The van der Waals surface area contributed by atoms with Gasteiger partial charge in [0.25, 0.3) is 0 Å². The van der Waals surface area contributed by atoms with Crippen LogP contribution in [0.3, 0.4) is 0 Å².